The highest BCUT2D eigenvalue weighted by Crippen LogP contribution is 2.21. The average Bonchev–Trinajstić information content (AvgIpc) is 3.21. The minimum absolute atomic E-state index is 0.301. The van der Waals surface area contributed by atoms with E-state index in [0.29, 0.717) is 18.2 Å². The van der Waals surface area contributed by atoms with Gasteiger partial charge in [0.25, 0.3) is 0 Å². The second-order valence-electron chi connectivity index (χ2n) is 5.74. The number of rotatable bonds is 1. The Hall–Kier alpha value is -1.93. The molecule has 0 aromatic heterocycles. The van der Waals surface area contributed by atoms with Crippen LogP contribution in [0.15, 0.2) is 48.5 Å². The van der Waals surface area contributed by atoms with Crippen LogP contribution in [0.3, 0.4) is 0 Å². The third kappa shape index (κ3) is 4.29. The number of fused-ring (bicyclic) bond motifs is 2. The van der Waals surface area contributed by atoms with Gasteiger partial charge in [-0.2, -0.15) is 0 Å². The highest BCUT2D eigenvalue weighted by atomic mass is 16.1. The van der Waals surface area contributed by atoms with Gasteiger partial charge in [0, 0.05) is 18.0 Å². The SMILES string of the molecule is CC.CNC1Cc2ccccc2C1.O=C1CCc2ccccc21. The molecule has 0 fully saturated rings. The molecule has 1 N–H and O–H groups in total. The van der Waals surface area contributed by atoms with E-state index in [0.717, 1.165) is 12.0 Å². The number of aryl methyl sites for hydroxylation is 1. The van der Waals surface area contributed by atoms with E-state index in [9.17, 15) is 4.79 Å². The summed E-state index contributed by atoms with van der Waals surface area (Å²) in [6.45, 7) is 4.00. The summed E-state index contributed by atoms with van der Waals surface area (Å²) < 4.78 is 0. The van der Waals surface area contributed by atoms with Crippen LogP contribution in [0.2, 0.25) is 0 Å². The first-order valence-electron chi connectivity index (χ1n) is 8.63. The number of carbonyl (C=O) groups excluding carboxylic acids is 1. The Morgan fingerprint density at radius 3 is 1.87 bits per heavy atom. The van der Waals surface area contributed by atoms with Gasteiger partial charge in [0.1, 0.15) is 0 Å². The number of nitrogens with one attached hydrogen (secondary N) is 1. The largest absolute Gasteiger partial charge is 0.316 e. The van der Waals surface area contributed by atoms with Crippen molar-refractivity contribution in [2.24, 2.45) is 0 Å². The van der Waals surface area contributed by atoms with Crippen LogP contribution < -0.4 is 5.32 Å². The van der Waals surface area contributed by atoms with Gasteiger partial charge in [-0.15, -0.1) is 0 Å². The van der Waals surface area contributed by atoms with Crippen molar-refractivity contribution in [3.63, 3.8) is 0 Å². The maximum Gasteiger partial charge on any atom is 0.163 e. The number of likely N-dealkylation sites (N-methyl/N-ethyl adjacent to an activating group) is 1. The minimum Gasteiger partial charge on any atom is -0.316 e. The molecule has 0 saturated heterocycles. The fourth-order valence-corrected chi connectivity index (χ4v) is 3.16. The molecule has 0 spiro atoms. The second kappa shape index (κ2) is 8.64. The molecule has 2 heteroatoms. The molecule has 2 nitrogen and oxygen atoms in total. The van der Waals surface area contributed by atoms with E-state index in [4.69, 9.17) is 0 Å². The van der Waals surface area contributed by atoms with Crippen LogP contribution >= 0.6 is 0 Å². The Balaban J connectivity index is 0.000000152. The molecule has 0 amide bonds. The zero-order valence-electron chi connectivity index (χ0n) is 14.4. The monoisotopic (exact) mass is 309 g/mol. The van der Waals surface area contributed by atoms with Crippen molar-refractivity contribution in [2.75, 3.05) is 7.05 Å². The fraction of sp³-hybridized carbons (Fsp3) is 0.381. The van der Waals surface area contributed by atoms with Crippen molar-refractivity contribution in [1.29, 1.82) is 0 Å². The van der Waals surface area contributed by atoms with Crippen LogP contribution in [0.25, 0.3) is 0 Å². The van der Waals surface area contributed by atoms with Crippen molar-refractivity contribution in [3.8, 4) is 0 Å². The zero-order chi connectivity index (χ0) is 16.7. The first kappa shape index (κ1) is 17.4. The topological polar surface area (TPSA) is 29.1 Å². The molecule has 2 aromatic rings. The summed E-state index contributed by atoms with van der Waals surface area (Å²) in [5, 5.41) is 3.31. The molecule has 0 atom stereocenters. The standard InChI is InChI=1S/C10H13N.C9H8O.C2H6/c1-11-10-6-8-4-2-3-5-9(8)7-10;10-9-6-5-7-3-1-2-4-8(7)9;1-2/h2-5,10-11H,6-7H2,1H3;1-4H,5-6H2;1-2H3. The van der Waals surface area contributed by atoms with E-state index in [2.05, 4.69) is 29.6 Å². The molecule has 122 valence electrons. The average molecular weight is 309 g/mol. The Kier molecular flexibility index (Phi) is 6.54. The maximum absolute atomic E-state index is 11.1. The summed E-state index contributed by atoms with van der Waals surface area (Å²) in [5.74, 6) is 0.301. The zero-order valence-corrected chi connectivity index (χ0v) is 14.4. The van der Waals surface area contributed by atoms with Gasteiger partial charge < -0.3 is 5.32 Å². The normalized spacial score (nSPS) is 15.0. The van der Waals surface area contributed by atoms with Crippen LogP contribution in [0.5, 0.6) is 0 Å². The number of carbonyl (C=O) groups is 1. The van der Waals surface area contributed by atoms with Gasteiger partial charge in [0.2, 0.25) is 0 Å². The molecule has 0 saturated carbocycles. The van der Waals surface area contributed by atoms with Gasteiger partial charge in [0.15, 0.2) is 5.78 Å². The van der Waals surface area contributed by atoms with Crippen molar-refractivity contribution >= 4 is 5.78 Å². The fourth-order valence-electron chi connectivity index (χ4n) is 3.16. The Labute approximate surface area is 139 Å². The van der Waals surface area contributed by atoms with Crippen LogP contribution in [-0.4, -0.2) is 18.9 Å². The Bertz CT molecular complexity index is 623. The summed E-state index contributed by atoms with van der Waals surface area (Å²) in [7, 11) is 2.04. The van der Waals surface area contributed by atoms with Crippen molar-refractivity contribution in [2.45, 2.75) is 45.6 Å². The number of hydrogen-bond acceptors (Lipinski definition) is 2. The van der Waals surface area contributed by atoms with Crippen LogP contribution in [0, 0.1) is 0 Å². The number of benzene rings is 2. The van der Waals surface area contributed by atoms with Gasteiger partial charge in [0.05, 0.1) is 0 Å². The first-order chi connectivity index (χ1) is 11.3. The quantitative estimate of drug-likeness (QED) is 0.855. The lowest BCUT2D eigenvalue weighted by atomic mass is 10.1. The van der Waals surface area contributed by atoms with E-state index in [1.807, 2.05) is 45.2 Å². The smallest absolute Gasteiger partial charge is 0.163 e. The third-order valence-electron chi connectivity index (χ3n) is 4.40. The van der Waals surface area contributed by atoms with Crippen molar-refractivity contribution < 1.29 is 4.79 Å². The molecule has 0 radical (unpaired) electrons. The van der Waals surface area contributed by atoms with E-state index in [1.54, 1.807) is 0 Å². The summed E-state index contributed by atoms with van der Waals surface area (Å²) in [6.07, 6.45) is 4.05. The molecule has 0 unspecified atom stereocenters. The number of Topliss-reactive ketones (excluding diaryl/α,β-unsaturated/α-hetero) is 1. The highest BCUT2D eigenvalue weighted by molar-refractivity contribution is 6.00. The van der Waals surface area contributed by atoms with E-state index >= 15 is 0 Å². The molecule has 0 aliphatic heterocycles. The first-order valence-corrected chi connectivity index (χ1v) is 8.63. The summed E-state index contributed by atoms with van der Waals surface area (Å²) in [5.41, 5.74) is 5.19. The second-order valence-corrected chi connectivity index (χ2v) is 5.74. The van der Waals surface area contributed by atoms with Crippen molar-refractivity contribution in [1.82, 2.24) is 5.32 Å². The predicted molar refractivity (Wildman–Crippen MR) is 97.1 cm³/mol. The van der Waals surface area contributed by atoms with Crippen LogP contribution in [0.4, 0.5) is 0 Å². The van der Waals surface area contributed by atoms with Gasteiger partial charge in [-0.3, -0.25) is 4.79 Å². The lowest BCUT2D eigenvalue weighted by molar-refractivity contribution is 0.0994. The summed E-state index contributed by atoms with van der Waals surface area (Å²) in [4.78, 5) is 11.1. The maximum atomic E-state index is 11.1. The molecule has 0 bridgehead atoms. The van der Waals surface area contributed by atoms with Crippen molar-refractivity contribution in [3.05, 3.63) is 70.8 Å². The number of hydrogen-bond donors (Lipinski definition) is 1. The lowest BCUT2D eigenvalue weighted by Crippen LogP contribution is -2.24. The van der Waals surface area contributed by atoms with Crippen LogP contribution in [0.1, 0.15) is 47.3 Å². The molecule has 0 heterocycles. The highest BCUT2D eigenvalue weighted by Gasteiger charge is 2.18. The van der Waals surface area contributed by atoms with Gasteiger partial charge in [-0.25, -0.2) is 0 Å². The molecule has 2 aliphatic rings. The molecule has 23 heavy (non-hydrogen) atoms. The molecule has 2 aliphatic carbocycles. The molecular weight excluding hydrogens is 282 g/mol. The summed E-state index contributed by atoms with van der Waals surface area (Å²) >= 11 is 0. The Morgan fingerprint density at radius 1 is 0.826 bits per heavy atom. The van der Waals surface area contributed by atoms with E-state index in [1.165, 1.54) is 29.5 Å². The Morgan fingerprint density at radius 2 is 1.35 bits per heavy atom. The van der Waals surface area contributed by atoms with Crippen LogP contribution in [-0.2, 0) is 19.3 Å². The molecule has 2 aromatic carbocycles. The minimum atomic E-state index is 0.301. The van der Waals surface area contributed by atoms with E-state index in [-0.39, 0.29) is 0 Å². The molecule has 4 rings (SSSR count). The van der Waals surface area contributed by atoms with Gasteiger partial charge >= 0.3 is 0 Å². The lowest BCUT2D eigenvalue weighted by Gasteiger charge is -2.04. The van der Waals surface area contributed by atoms with Gasteiger partial charge in [-0.1, -0.05) is 62.4 Å². The number of ketones is 1. The predicted octanol–water partition coefficient (Wildman–Crippen LogP) is 4.21. The third-order valence-corrected chi connectivity index (χ3v) is 4.40. The van der Waals surface area contributed by atoms with E-state index < -0.39 is 0 Å². The molecular formula is C21H27NO. The van der Waals surface area contributed by atoms with Gasteiger partial charge in [-0.05, 0) is 43.0 Å². The summed E-state index contributed by atoms with van der Waals surface area (Å²) in [6, 6.07) is 17.2.